The number of ether oxygens (including phenoxy) is 2. The molecule has 0 unspecified atom stereocenters. The first-order chi connectivity index (χ1) is 15.1. The fourth-order valence-electron chi connectivity index (χ4n) is 3.26. The number of carbonyl (C=O) groups is 2. The van der Waals surface area contributed by atoms with Gasteiger partial charge in [-0.1, -0.05) is 31.2 Å². The van der Waals surface area contributed by atoms with E-state index in [4.69, 9.17) is 9.47 Å². The van der Waals surface area contributed by atoms with Crippen LogP contribution < -0.4 is 9.47 Å². The predicted octanol–water partition coefficient (Wildman–Crippen LogP) is 3.53. The molecule has 2 amide bonds. The summed E-state index contributed by atoms with van der Waals surface area (Å²) in [7, 11) is 1.61. The van der Waals surface area contributed by atoms with Gasteiger partial charge in [0.1, 0.15) is 11.5 Å². The van der Waals surface area contributed by atoms with Gasteiger partial charge in [0.25, 0.3) is 11.8 Å². The van der Waals surface area contributed by atoms with Crippen molar-refractivity contribution in [2.75, 3.05) is 32.6 Å². The standard InChI is InChI=1S/C24H27NO5S/c1-3-15-30-20-10-6-18(7-11-20)21-22(31-16-14-26)24(28)25(23(21)27)13-12-17-4-8-19(29-2)9-5-17/h4-11,26H,3,12-16H2,1-2H3. The number of aliphatic hydroxyl groups is 1. The Morgan fingerprint density at radius 1 is 0.968 bits per heavy atom. The molecule has 1 heterocycles. The van der Waals surface area contributed by atoms with Gasteiger partial charge in [0.05, 0.1) is 30.8 Å². The van der Waals surface area contributed by atoms with Crippen LogP contribution in [-0.4, -0.2) is 54.4 Å². The van der Waals surface area contributed by atoms with Gasteiger partial charge in [0.2, 0.25) is 0 Å². The van der Waals surface area contributed by atoms with Crippen LogP contribution in [0.3, 0.4) is 0 Å². The number of nitrogens with zero attached hydrogens (tertiary/aromatic N) is 1. The van der Waals surface area contributed by atoms with Crippen molar-refractivity contribution in [3.63, 3.8) is 0 Å². The number of hydrogen-bond donors (Lipinski definition) is 1. The Morgan fingerprint density at radius 2 is 1.65 bits per heavy atom. The zero-order chi connectivity index (χ0) is 22.2. The number of imide groups is 1. The average molecular weight is 442 g/mol. The molecule has 2 aromatic carbocycles. The summed E-state index contributed by atoms with van der Waals surface area (Å²) in [4.78, 5) is 27.9. The zero-order valence-electron chi connectivity index (χ0n) is 17.8. The number of carbonyl (C=O) groups excluding carboxylic acids is 2. The van der Waals surface area contributed by atoms with Crippen molar-refractivity contribution >= 4 is 29.1 Å². The van der Waals surface area contributed by atoms with Crippen molar-refractivity contribution in [3.8, 4) is 11.5 Å². The Hall–Kier alpha value is -2.77. The van der Waals surface area contributed by atoms with Gasteiger partial charge < -0.3 is 14.6 Å². The normalized spacial score (nSPS) is 13.8. The molecule has 3 rings (SSSR count). The predicted molar refractivity (Wildman–Crippen MR) is 122 cm³/mol. The maximum atomic E-state index is 13.2. The molecular weight excluding hydrogens is 414 g/mol. The minimum atomic E-state index is -0.307. The van der Waals surface area contributed by atoms with E-state index in [0.717, 1.165) is 23.5 Å². The van der Waals surface area contributed by atoms with Crippen molar-refractivity contribution in [1.29, 1.82) is 0 Å². The van der Waals surface area contributed by atoms with E-state index in [1.165, 1.54) is 16.7 Å². The highest BCUT2D eigenvalue weighted by Gasteiger charge is 2.38. The van der Waals surface area contributed by atoms with Crippen LogP contribution >= 0.6 is 11.8 Å². The molecule has 1 aliphatic rings. The van der Waals surface area contributed by atoms with Crippen LogP contribution in [0.15, 0.2) is 53.4 Å². The van der Waals surface area contributed by atoms with Crippen LogP contribution in [0.4, 0.5) is 0 Å². The third kappa shape index (κ3) is 5.48. The lowest BCUT2D eigenvalue weighted by Gasteiger charge is -2.15. The number of thioether (sulfide) groups is 1. The van der Waals surface area contributed by atoms with E-state index in [0.29, 0.717) is 34.8 Å². The summed E-state index contributed by atoms with van der Waals surface area (Å²) in [5.41, 5.74) is 2.08. The Kier molecular flexibility index (Phi) is 8.14. The van der Waals surface area contributed by atoms with Crippen molar-refractivity contribution in [1.82, 2.24) is 4.90 Å². The number of aliphatic hydroxyl groups excluding tert-OH is 1. The van der Waals surface area contributed by atoms with Gasteiger partial charge in [0, 0.05) is 12.3 Å². The van der Waals surface area contributed by atoms with Crippen molar-refractivity contribution in [3.05, 3.63) is 64.6 Å². The zero-order valence-corrected chi connectivity index (χ0v) is 18.6. The number of methoxy groups -OCH3 is 1. The molecule has 7 heteroatoms. The highest BCUT2D eigenvalue weighted by molar-refractivity contribution is 8.04. The van der Waals surface area contributed by atoms with Crippen molar-refractivity contribution < 1.29 is 24.2 Å². The molecule has 0 radical (unpaired) electrons. The number of benzene rings is 2. The Labute approximate surface area is 186 Å². The molecule has 0 spiro atoms. The van der Waals surface area contributed by atoms with E-state index in [1.54, 1.807) is 19.2 Å². The molecule has 1 N–H and O–H groups in total. The molecule has 31 heavy (non-hydrogen) atoms. The van der Waals surface area contributed by atoms with Crippen molar-refractivity contribution in [2.24, 2.45) is 0 Å². The minimum absolute atomic E-state index is 0.0709. The minimum Gasteiger partial charge on any atom is -0.497 e. The monoisotopic (exact) mass is 441 g/mol. The topological polar surface area (TPSA) is 76.1 Å². The van der Waals surface area contributed by atoms with Gasteiger partial charge in [-0.15, -0.1) is 11.8 Å². The lowest BCUT2D eigenvalue weighted by atomic mass is 10.1. The molecule has 0 saturated carbocycles. The molecule has 1 aliphatic heterocycles. The SMILES string of the molecule is CCCOc1ccc(C2=C(SCCO)C(=O)N(CCc3ccc(OC)cc3)C2=O)cc1. The van der Waals surface area contributed by atoms with E-state index < -0.39 is 0 Å². The highest BCUT2D eigenvalue weighted by atomic mass is 32.2. The third-order valence-corrected chi connectivity index (χ3v) is 5.92. The summed E-state index contributed by atoms with van der Waals surface area (Å²) >= 11 is 1.22. The molecule has 0 aliphatic carbocycles. The molecule has 0 atom stereocenters. The molecule has 164 valence electrons. The van der Waals surface area contributed by atoms with Gasteiger partial charge in [-0.2, -0.15) is 0 Å². The highest BCUT2D eigenvalue weighted by Crippen LogP contribution is 2.36. The van der Waals surface area contributed by atoms with Crippen LogP contribution in [0, 0.1) is 0 Å². The molecule has 2 aromatic rings. The lowest BCUT2D eigenvalue weighted by Crippen LogP contribution is -2.33. The van der Waals surface area contributed by atoms with Crippen LogP contribution in [0.25, 0.3) is 5.57 Å². The first kappa shape index (κ1) is 22.9. The Morgan fingerprint density at radius 3 is 2.26 bits per heavy atom. The van der Waals surface area contributed by atoms with Gasteiger partial charge in [-0.3, -0.25) is 14.5 Å². The summed E-state index contributed by atoms with van der Waals surface area (Å²) in [6.45, 7) is 2.87. The van der Waals surface area contributed by atoms with Crippen molar-refractivity contribution in [2.45, 2.75) is 19.8 Å². The largest absolute Gasteiger partial charge is 0.497 e. The van der Waals surface area contributed by atoms with Gasteiger partial charge >= 0.3 is 0 Å². The molecule has 0 saturated heterocycles. The fourth-order valence-corrected chi connectivity index (χ4v) is 4.14. The molecule has 0 bridgehead atoms. The smallest absolute Gasteiger partial charge is 0.267 e. The maximum absolute atomic E-state index is 13.2. The van der Waals surface area contributed by atoms with Gasteiger partial charge in [0.15, 0.2) is 0 Å². The fraction of sp³-hybridized carbons (Fsp3) is 0.333. The quantitative estimate of drug-likeness (QED) is 0.538. The maximum Gasteiger partial charge on any atom is 0.267 e. The van der Waals surface area contributed by atoms with E-state index >= 15 is 0 Å². The Bertz CT molecular complexity index is 937. The summed E-state index contributed by atoms with van der Waals surface area (Å²) in [6.07, 6.45) is 1.46. The summed E-state index contributed by atoms with van der Waals surface area (Å²) in [6, 6.07) is 14.8. The average Bonchev–Trinajstić information content (AvgIpc) is 3.04. The van der Waals surface area contributed by atoms with E-state index in [-0.39, 0.29) is 25.0 Å². The molecular formula is C24H27NO5S. The number of amides is 2. The van der Waals surface area contributed by atoms with Crippen LogP contribution in [0.5, 0.6) is 11.5 Å². The Balaban J connectivity index is 1.79. The lowest BCUT2D eigenvalue weighted by molar-refractivity contribution is -0.136. The third-order valence-electron chi connectivity index (χ3n) is 4.86. The first-order valence-electron chi connectivity index (χ1n) is 10.3. The summed E-state index contributed by atoms with van der Waals surface area (Å²) in [5, 5.41) is 9.24. The van der Waals surface area contributed by atoms with Crippen LogP contribution in [-0.2, 0) is 16.0 Å². The van der Waals surface area contributed by atoms with Gasteiger partial charge in [-0.05, 0) is 48.2 Å². The molecule has 0 fully saturated rings. The number of rotatable bonds is 11. The number of hydrogen-bond acceptors (Lipinski definition) is 6. The van der Waals surface area contributed by atoms with E-state index in [1.807, 2.05) is 43.3 Å². The second-order valence-electron chi connectivity index (χ2n) is 7.01. The van der Waals surface area contributed by atoms with Gasteiger partial charge in [-0.25, -0.2) is 0 Å². The molecule has 6 nitrogen and oxygen atoms in total. The first-order valence-corrected chi connectivity index (χ1v) is 11.3. The van der Waals surface area contributed by atoms with Crippen LogP contribution in [0.2, 0.25) is 0 Å². The second kappa shape index (κ2) is 11.0. The van der Waals surface area contributed by atoms with E-state index in [2.05, 4.69) is 0 Å². The second-order valence-corrected chi connectivity index (χ2v) is 8.11. The summed E-state index contributed by atoms with van der Waals surface area (Å²) < 4.78 is 10.8. The molecule has 0 aromatic heterocycles. The van der Waals surface area contributed by atoms with Crippen LogP contribution in [0.1, 0.15) is 24.5 Å². The van der Waals surface area contributed by atoms with E-state index in [9.17, 15) is 14.7 Å². The summed E-state index contributed by atoms with van der Waals surface area (Å²) in [5.74, 6) is 1.22.